The molecule has 1 amide bonds. The van der Waals surface area contributed by atoms with E-state index in [1.54, 1.807) is 7.11 Å². The number of fused-ring (bicyclic) bond motifs is 1. The van der Waals surface area contributed by atoms with Crippen molar-refractivity contribution in [2.75, 3.05) is 20.2 Å². The minimum Gasteiger partial charge on any atom is -0.501 e. The smallest absolute Gasteiger partial charge is 0.263 e. The Labute approximate surface area is 205 Å². The first-order valence-electron chi connectivity index (χ1n) is 11.9. The number of aryl methyl sites for hydroxylation is 1. The molecule has 4 rings (SSSR count). The van der Waals surface area contributed by atoms with Crippen LogP contribution in [0.2, 0.25) is 0 Å². The summed E-state index contributed by atoms with van der Waals surface area (Å²) in [6, 6.07) is 8.38. The second-order valence-corrected chi connectivity index (χ2v) is 10.3. The predicted octanol–water partition coefficient (Wildman–Crippen LogP) is 4.90. The molecule has 1 N–H and O–H groups in total. The van der Waals surface area contributed by atoms with E-state index in [0.717, 1.165) is 44.5 Å². The summed E-state index contributed by atoms with van der Waals surface area (Å²) in [5.74, 6) is 1.07. The number of hydrogen-bond acceptors (Lipinski definition) is 6. The number of thiazole rings is 1. The van der Waals surface area contributed by atoms with Crippen molar-refractivity contribution >= 4 is 23.0 Å². The van der Waals surface area contributed by atoms with Gasteiger partial charge in [-0.2, -0.15) is 0 Å². The van der Waals surface area contributed by atoms with Gasteiger partial charge in [0.2, 0.25) is 0 Å². The van der Waals surface area contributed by atoms with Gasteiger partial charge in [-0.25, -0.2) is 4.98 Å². The number of hydrogen-bond donors (Lipinski definition) is 1. The molecule has 2 aromatic rings. The Hall–Kier alpha value is -2.77. The van der Waals surface area contributed by atoms with Crippen LogP contribution in [0.5, 0.6) is 0 Å². The van der Waals surface area contributed by atoms with Crippen LogP contribution in [0.4, 0.5) is 0 Å². The van der Waals surface area contributed by atoms with Crippen molar-refractivity contribution in [3.05, 3.63) is 74.0 Å². The van der Waals surface area contributed by atoms with E-state index < -0.39 is 0 Å². The maximum absolute atomic E-state index is 12.8. The maximum atomic E-state index is 12.8. The summed E-state index contributed by atoms with van der Waals surface area (Å²) in [5, 5.41) is 3.76. The third kappa shape index (κ3) is 5.65. The fourth-order valence-electron chi connectivity index (χ4n) is 4.71. The van der Waals surface area contributed by atoms with E-state index in [0.29, 0.717) is 15.6 Å². The van der Waals surface area contributed by atoms with Crippen LogP contribution in [-0.4, -0.2) is 41.8 Å². The topological polar surface area (TPSA) is 71.5 Å². The Balaban J connectivity index is 1.34. The highest BCUT2D eigenvalue weighted by Crippen LogP contribution is 2.32. The first kappa shape index (κ1) is 24.4. The number of methoxy groups -OCH3 is 1. The molecule has 2 heterocycles. The van der Waals surface area contributed by atoms with Gasteiger partial charge < -0.3 is 10.1 Å². The Bertz CT molecular complexity index is 1130. The van der Waals surface area contributed by atoms with E-state index in [2.05, 4.69) is 45.5 Å². The summed E-state index contributed by atoms with van der Waals surface area (Å²) in [7, 11) is 1.78. The third-order valence-electron chi connectivity index (χ3n) is 6.49. The largest absolute Gasteiger partial charge is 0.501 e. The van der Waals surface area contributed by atoms with Crippen molar-refractivity contribution in [1.82, 2.24) is 15.2 Å². The molecule has 1 aromatic heterocycles. The molecule has 7 heteroatoms. The summed E-state index contributed by atoms with van der Waals surface area (Å²) in [6.07, 6.45) is 5.77. The number of rotatable bonds is 8. The van der Waals surface area contributed by atoms with Gasteiger partial charge in [-0.1, -0.05) is 30.3 Å². The first-order valence-corrected chi connectivity index (χ1v) is 12.7. The molecule has 0 bridgehead atoms. The first-order chi connectivity index (χ1) is 16.3. The molecule has 1 aliphatic heterocycles. The number of piperidine rings is 1. The van der Waals surface area contributed by atoms with E-state index in [9.17, 15) is 9.59 Å². The van der Waals surface area contributed by atoms with Crippen molar-refractivity contribution in [2.24, 2.45) is 0 Å². The minimum atomic E-state index is -0.144. The van der Waals surface area contributed by atoms with Crippen molar-refractivity contribution < 1.29 is 14.3 Å². The highest BCUT2D eigenvalue weighted by molar-refractivity contribution is 7.13. The van der Waals surface area contributed by atoms with Crippen LogP contribution < -0.4 is 5.32 Å². The van der Waals surface area contributed by atoms with Crippen molar-refractivity contribution in [3.8, 4) is 0 Å². The van der Waals surface area contributed by atoms with Crippen LogP contribution in [0.1, 0.15) is 70.7 Å². The van der Waals surface area contributed by atoms with Crippen LogP contribution in [0, 0.1) is 6.92 Å². The average Bonchev–Trinajstić information content (AvgIpc) is 3.18. The number of nitrogens with zero attached hydrogens (tertiary/aromatic N) is 2. The van der Waals surface area contributed by atoms with Gasteiger partial charge in [-0.3, -0.25) is 14.5 Å². The van der Waals surface area contributed by atoms with Crippen LogP contribution in [-0.2, 0) is 22.5 Å². The number of carbonyl (C=O) groups is 2. The van der Waals surface area contributed by atoms with Crippen LogP contribution in [0.3, 0.4) is 0 Å². The van der Waals surface area contributed by atoms with Gasteiger partial charge in [0.25, 0.3) is 5.91 Å². The average molecular weight is 480 g/mol. The fraction of sp³-hybridized carbons (Fsp3) is 0.444. The summed E-state index contributed by atoms with van der Waals surface area (Å²) in [4.78, 5) is 31.6. The molecule has 1 saturated heterocycles. The highest BCUT2D eigenvalue weighted by atomic mass is 32.1. The molecule has 0 spiro atoms. The maximum Gasteiger partial charge on any atom is 0.263 e. The van der Waals surface area contributed by atoms with Crippen LogP contribution >= 0.6 is 11.3 Å². The molecule has 180 valence electrons. The predicted molar refractivity (Wildman–Crippen MR) is 135 cm³/mol. The molecular weight excluding hydrogens is 446 g/mol. The van der Waals surface area contributed by atoms with Gasteiger partial charge in [0.05, 0.1) is 31.0 Å². The molecule has 34 heavy (non-hydrogen) atoms. The lowest BCUT2D eigenvalue weighted by Crippen LogP contribution is -2.33. The van der Waals surface area contributed by atoms with Gasteiger partial charge in [0, 0.05) is 26.1 Å². The van der Waals surface area contributed by atoms with Crippen LogP contribution in [0.25, 0.3) is 0 Å². The molecule has 0 unspecified atom stereocenters. The normalized spacial score (nSPS) is 17.1. The summed E-state index contributed by atoms with van der Waals surface area (Å²) >= 11 is 1.30. The van der Waals surface area contributed by atoms with Gasteiger partial charge in [-0.15, -0.1) is 11.3 Å². The minimum absolute atomic E-state index is 0.0471. The second kappa shape index (κ2) is 10.7. The van der Waals surface area contributed by atoms with Crippen molar-refractivity contribution in [2.45, 2.75) is 59.0 Å². The Morgan fingerprint density at radius 3 is 2.71 bits per heavy atom. The number of allylic oxidation sites excluding steroid dienone is 2. The Kier molecular flexibility index (Phi) is 7.63. The number of nitrogens with one attached hydrogen (secondary N) is 1. The van der Waals surface area contributed by atoms with E-state index in [4.69, 9.17) is 4.74 Å². The zero-order chi connectivity index (χ0) is 24.2. The summed E-state index contributed by atoms with van der Waals surface area (Å²) < 4.78 is 5.60. The molecule has 0 saturated carbocycles. The fourth-order valence-corrected chi connectivity index (χ4v) is 5.75. The van der Waals surface area contributed by atoms with E-state index in [1.807, 2.05) is 13.8 Å². The number of aromatic nitrogens is 1. The lowest BCUT2D eigenvalue weighted by molar-refractivity contribution is -0.116. The van der Waals surface area contributed by atoms with E-state index >= 15 is 0 Å². The third-order valence-corrected chi connectivity index (χ3v) is 7.64. The number of ketones is 1. The number of likely N-dealkylation sites (tertiary alicyclic amines) is 1. The lowest BCUT2D eigenvalue weighted by Gasteiger charge is -2.33. The van der Waals surface area contributed by atoms with Gasteiger partial charge >= 0.3 is 0 Å². The molecule has 1 aromatic carbocycles. The Morgan fingerprint density at radius 1 is 1.24 bits per heavy atom. The monoisotopic (exact) mass is 479 g/mol. The molecule has 1 atom stereocenters. The quantitative estimate of drug-likeness (QED) is 0.583. The van der Waals surface area contributed by atoms with E-state index in [-0.39, 0.29) is 24.2 Å². The Morgan fingerprint density at radius 2 is 2.00 bits per heavy atom. The van der Waals surface area contributed by atoms with Crippen molar-refractivity contribution in [3.63, 3.8) is 0 Å². The van der Waals surface area contributed by atoms with Gasteiger partial charge in [0.15, 0.2) is 0 Å². The molecule has 6 nitrogen and oxygen atoms in total. The second-order valence-electron chi connectivity index (χ2n) is 9.17. The number of carbonyl (C=O) groups excluding carboxylic acids is 2. The number of benzene rings is 1. The van der Waals surface area contributed by atoms with Gasteiger partial charge in [-0.05, 0) is 55.9 Å². The van der Waals surface area contributed by atoms with E-state index in [1.165, 1.54) is 40.7 Å². The molecular formula is C27H33N3O3S. The number of ether oxygens (including phenoxy) is 1. The number of Topliss-reactive ketones (excluding diaryl/α,β-unsaturated/α-hetero) is 1. The van der Waals surface area contributed by atoms with Crippen LogP contribution in [0.15, 0.2) is 47.2 Å². The molecule has 1 fully saturated rings. The lowest BCUT2D eigenvalue weighted by atomic mass is 9.90. The zero-order valence-electron chi connectivity index (χ0n) is 20.4. The van der Waals surface area contributed by atoms with Gasteiger partial charge in [0.1, 0.15) is 15.7 Å². The summed E-state index contributed by atoms with van der Waals surface area (Å²) in [6.45, 7) is 8.25. The standard InChI is InChI=1S/C27H33N3O3S/c1-17(31)14-25-28-19(3)26(34-25)27(32)29-18(2)21-10-8-20(9-11-21)15-30-13-12-23-22(16-30)6-5-7-24(23)33-4/h6,8-11,18H,5,7,12-16H2,1-4H3,(H,29,32)/t18-/m0/s1. The molecule has 1 aliphatic carbocycles. The highest BCUT2D eigenvalue weighted by Gasteiger charge is 2.24. The SMILES string of the molecule is COC1=C2CCN(Cc3ccc([C@H](C)NC(=O)c4sc(CC(C)=O)nc4C)cc3)CC2=CCC1. The molecule has 0 radical (unpaired) electrons. The molecule has 2 aliphatic rings. The van der Waals surface area contributed by atoms with Crippen molar-refractivity contribution in [1.29, 1.82) is 0 Å². The number of amides is 1. The summed E-state index contributed by atoms with van der Waals surface area (Å²) in [5.41, 5.74) is 5.84. The zero-order valence-corrected chi connectivity index (χ0v) is 21.3.